The molecule has 0 atom stereocenters. The van der Waals surface area contributed by atoms with Crippen molar-refractivity contribution in [3.63, 3.8) is 0 Å². The Morgan fingerprint density at radius 3 is 2.23 bits per heavy atom. The second-order valence-electron chi connectivity index (χ2n) is 8.34. The van der Waals surface area contributed by atoms with Crippen molar-refractivity contribution in [3.8, 4) is 21.8 Å². The Morgan fingerprint density at radius 2 is 1.55 bits per heavy atom. The molecular weight excluding hydrogens is 407 g/mol. The fraction of sp³-hybridized carbons (Fsp3) is 0.154. The number of carbonyl (C=O) groups is 1. The van der Waals surface area contributed by atoms with Gasteiger partial charge in [0.25, 0.3) is 5.91 Å². The van der Waals surface area contributed by atoms with E-state index in [2.05, 4.69) is 31.1 Å². The molecule has 3 aromatic carbocycles. The van der Waals surface area contributed by atoms with Crippen molar-refractivity contribution in [1.29, 1.82) is 0 Å². The normalized spacial score (nSPS) is 11.4. The molecule has 0 bridgehead atoms. The van der Waals surface area contributed by atoms with Gasteiger partial charge in [0.05, 0.1) is 11.4 Å². The first-order valence-electron chi connectivity index (χ1n) is 10.0. The lowest BCUT2D eigenvalue weighted by molar-refractivity contribution is 0.102. The molecule has 1 amide bonds. The van der Waals surface area contributed by atoms with E-state index in [1.807, 2.05) is 53.9 Å². The summed E-state index contributed by atoms with van der Waals surface area (Å²) in [5.74, 6) is -0.485. The van der Waals surface area contributed by atoms with Gasteiger partial charge in [0.1, 0.15) is 10.8 Å². The number of nitrogens with one attached hydrogen (secondary N) is 1. The number of carbonyl (C=O) groups excluding carboxylic acids is 1. The maximum atomic E-state index is 14.1. The molecule has 0 spiro atoms. The Kier molecular flexibility index (Phi) is 5.70. The summed E-state index contributed by atoms with van der Waals surface area (Å²) in [4.78, 5) is 17.5. The lowest BCUT2D eigenvalue weighted by Crippen LogP contribution is -2.14. The second kappa shape index (κ2) is 8.44. The number of anilines is 1. The third-order valence-corrected chi connectivity index (χ3v) is 5.95. The Morgan fingerprint density at radius 1 is 0.903 bits per heavy atom. The number of nitrogens with zero attached hydrogens (tertiary/aromatic N) is 1. The molecule has 3 nitrogen and oxygen atoms in total. The molecule has 0 aliphatic rings. The number of para-hydroxylation sites is 1. The van der Waals surface area contributed by atoms with Crippen LogP contribution in [0.1, 0.15) is 36.7 Å². The predicted octanol–water partition coefficient (Wildman–Crippen LogP) is 7.17. The highest BCUT2D eigenvalue weighted by Gasteiger charge is 2.16. The van der Waals surface area contributed by atoms with Crippen molar-refractivity contribution >= 4 is 22.9 Å². The van der Waals surface area contributed by atoms with E-state index in [4.69, 9.17) is 0 Å². The first-order valence-corrected chi connectivity index (χ1v) is 10.9. The van der Waals surface area contributed by atoms with Crippen LogP contribution in [0.15, 0.2) is 78.2 Å². The fourth-order valence-electron chi connectivity index (χ4n) is 3.29. The summed E-state index contributed by atoms with van der Waals surface area (Å²) >= 11 is 1.38. The molecule has 156 valence electrons. The third-order valence-electron chi connectivity index (χ3n) is 5.07. The summed E-state index contributed by atoms with van der Waals surface area (Å²) in [6.07, 6.45) is 0. The van der Waals surface area contributed by atoms with Gasteiger partial charge >= 0.3 is 0 Å². The first-order chi connectivity index (χ1) is 14.8. The molecule has 0 fully saturated rings. The Hall–Kier alpha value is -3.31. The van der Waals surface area contributed by atoms with Crippen LogP contribution in [0, 0.1) is 5.82 Å². The van der Waals surface area contributed by atoms with Crippen molar-refractivity contribution in [3.05, 3.63) is 95.1 Å². The minimum Gasteiger partial charge on any atom is -0.321 e. The number of rotatable bonds is 4. The molecule has 0 unspecified atom stereocenters. The van der Waals surface area contributed by atoms with Gasteiger partial charge in [-0.15, -0.1) is 11.3 Å². The topological polar surface area (TPSA) is 42.0 Å². The molecule has 0 aliphatic heterocycles. The van der Waals surface area contributed by atoms with E-state index >= 15 is 0 Å². The summed E-state index contributed by atoms with van der Waals surface area (Å²) in [5, 5.41) is 5.48. The van der Waals surface area contributed by atoms with Gasteiger partial charge in [0, 0.05) is 22.1 Å². The number of halogens is 1. The van der Waals surface area contributed by atoms with Crippen LogP contribution in [-0.2, 0) is 5.41 Å². The molecule has 0 saturated heterocycles. The fourth-order valence-corrected chi connectivity index (χ4v) is 4.13. The highest BCUT2D eigenvalue weighted by Crippen LogP contribution is 2.34. The van der Waals surface area contributed by atoms with E-state index in [-0.39, 0.29) is 17.1 Å². The predicted molar refractivity (Wildman–Crippen MR) is 126 cm³/mol. The SMILES string of the molecule is CC(C)(C)c1ccc(C(=O)Nc2ccccc2-c2csc(-c3ccccc3F)n2)cc1. The van der Waals surface area contributed by atoms with Gasteiger partial charge in [-0.05, 0) is 41.3 Å². The van der Waals surface area contributed by atoms with Crippen LogP contribution in [-0.4, -0.2) is 10.9 Å². The number of aromatic nitrogens is 1. The number of benzene rings is 3. The van der Waals surface area contributed by atoms with Gasteiger partial charge < -0.3 is 5.32 Å². The van der Waals surface area contributed by atoms with E-state index in [1.54, 1.807) is 18.2 Å². The second-order valence-corrected chi connectivity index (χ2v) is 9.20. The van der Waals surface area contributed by atoms with Gasteiger partial charge in [-0.1, -0.05) is 63.2 Å². The number of amides is 1. The van der Waals surface area contributed by atoms with E-state index < -0.39 is 0 Å². The van der Waals surface area contributed by atoms with Gasteiger partial charge in [-0.3, -0.25) is 4.79 Å². The summed E-state index contributed by atoms with van der Waals surface area (Å²) in [6.45, 7) is 6.42. The van der Waals surface area contributed by atoms with Crippen molar-refractivity contribution in [1.82, 2.24) is 4.98 Å². The molecule has 4 aromatic rings. The Bertz CT molecular complexity index is 1220. The molecule has 0 aliphatic carbocycles. The molecule has 0 saturated carbocycles. The maximum absolute atomic E-state index is 14.1. The summed E-state index contributed by atoms with van der Waals surface area (Å²) < 4.78 is 14.1. The number of hydrogen-bond acceptors (Lipinski definition) is 3. The van der Waals surface area contributed by atoms with Gasteiger partial charge in [0.15, 0.2) is 0 Å². The lowest BCUT2D eigenvalue weighted by Gasteiger charge is -2.19. The zero-order valence-electron chi connectivity index (χ0n) is 17.6. The van der Waals surface area contributed by atoms with Gasteiger partial charge in [-0.2, -0.15) is 0 Å². The standard InChI is InChI=1S/C26H23FN2OS/c1-26(2,3)18-14-12-17(13-15-18)24(30)28-22-11-7-5-9-20(22)23-16-31-25(29-23)19-8-4-6-10-21(19)27/h4-16H,1-3H3,(H,28,30). The first kappa shape index (κ1) is 20.9. The quantitative estimate of drug-likeness (QED) is 0.373. The van der Waals surface area contributed by atoms with Crippen LogP contribution in [0.3, 0.4) is 0 Å². The summed E-state index contributed by atoms with van der Waals surface area (Å²) in [5.41, 5.74) is 4.42. The van der Waals surface area contributed by atoms with Crippen LogP contribution in [0.4, 0.5) is 10.1 Å². The average Bonchev–Trinajstić information content (AvgIpc) is 3.24. The average molecular weight is 431 g/mol. The van der Waals surface area contributed by atoms with Crippen molar-refractivity contribution in [2.75, 3.05) is 5.32 Å². The number of thiazole rings is 1. The smallest absolute Gasteiger partial charge is 0.255 e. The molecule has 0 radical (unpaired) electrons. The minimum absolute atomic E-state index is 0.0299. The van der Waals surface area contributed by atoms with Gasteiger partial charge in [-0.25, -0.2) is 9.37 Å². The van der Waals surface area contributed by atoms with E-state index in [0.29, 0.717) is 27.5 Å². The van der Waals surface area contributed by atoms with E-state index in [1.165, 1.54) is 23.0 Å². The highest BCUT2D eigenvalue weighted by molar-refractivity contribution is 7.13. The number of hydrogen-bond donors (Lipinski definition) is 1. The maximum Gasteiger partial charge on any atom is 0.255 e. The highest BCUT2D eigenvalue weighted by atomic mass is 32.1. The van der Waals surface area contributed by atoms with Crippen molar-refractivity contribution in [2.24, 2.45) is 0 Å². The van der Waals surface area contributed by atoms with Crippen LogP contribution in [0.5, 0.6) is 0 Å². The van der Waals surface area contributed by atoms with Crippen molar-refractivity contribution < 1.29 is 9.18 Å². The molecule has 31 heavy (non-hydrogen) atoms. The lowest BCUT2D eigenvalue weighted by atomic mass is 9.86. The summed E-state index contributed by atoms with van der Waals surface area (Å²) in [7, 11) is 0. The van der Waals surface area contributed by atoms with Crippen molar-refractivity contribution in [2.45, 2.75) is 26.2 Å². The minimum atomic E-state index is -0.302. The van der Waals surface area contributed by atoms with Crippen LogP contribution >= 0.6 is 11.3 Å². The van der Waals surface area contributed by atoms with Crippen LogP contribution in [0.25, 0.3) is 21.8 Å². The summed E-state index contributed by atoms with van der Waals surface area (Å²) in [6, 6.07) is 21.8. The molecule has 5 heteroatoms. The van der Waals surface area contributed by atoms with E-state index in [9.17, 15) is 9.18 Å². The zero-order chi connectivity index (χ0) is 22.0. The third kappa shape index (κ3) is 4.57. The van der Waals surface area contributed by atoms with E-state index in [0.717, 1.165) is 5.56 Å². The molecule has 4 rings (SSSR count). The molecule has 1 aromatic heterocycles. The molecule has 1 heterocycles. The largest absolute Gasteiger partial charge is 0.321 e. The van der Waals surface area contributed by atoms with Gasteiger partial charge in [0.2, 0.25) is 0 Å². The Labute approximate surface area is 185 Å². The molecular formula is C26H23FN2OS. The monoisotopic (exact) mass is 430 g/mol. The Balaban J connectivity index is 1.60. The zero-order valence-corrected chi connectivity index (χ0v) is 18.5. The van der Waals surface area contributed by atoms with Crippen LogP contribution in [0.2, 0.25) is 0 Å². The molecule has 1 N–H and O–H groups in total. The van der Waals surface area contributed by atoms with Crippen LogP contribution < -0.4 is 5.32 Å².